The van der Waals surface area contributed by atoms with Gasteiger partial charge in [0.25, 0.3) is 0 Å². The Kier molecular flexibility index (Phi) is 3.83. The molecule has 0 fully saturated rings. The van der Waals surface area contributed by atoms with Crippen LogP contribution in [-0.2, 0) is 0 Å². The Bertz CT molecular complexity index is 233. The summed E-state index contributed by atoms with van der Waals surface area (Å²) in [6.45, 7) is 12.5. The Morgan fingerprint density at radius 2 is 2.08 bits per heavy atom. The molecule has 0 spiro atoms. The predicted octanol–water partition coefficient (Wildman–Crippen LogP) is 3.56. The summed E-state index contributed by atoms with van der Waals surface area (Å²) in [4.78, 5) is 0. The fourth-order valence-electron chi connectivity index (χ4n) is 0.725. The average Bonchev–Trinajstić information content (AvgIpc) is 2.04. The van der Waals surface area contributed by atoms with Crippen LogP contribution in [0.4, 0.5) is 0 Å². The molecule has 0 saturated heterocycles. The van der Waals surface area contributed by atoms with Crippen LogP contribution in [0.5, 0.6) is 0 Å². The van der Waals surface area contributed by atoms with Crippen LogP contribution in [0, 0.1) is 17.8 Å². The largest absolute Gasteiger partial charge is 0.115 e. The van der Waals surface area contributed by atoms with Crippen molar-refractivity contribution in [2.75, 3.05) is 0 Å². The Morgan fingerprint density at radius 1 is 1.58 bits per heavy atom. The molecule has 0 aliphatic heterocycles. The lowest BCUT2D eigenvalue weighted by Gasteiger charge is -2.23. The molecule has 0 atom stereocenters. The van der Waals surface area contributed by atoms with Crippen LogP contribution in [-0.4, -0.2) is 0 Å². The predicted molar refractivity (Wildman–Crippen MR) is 55.8 cm³/mol. The van der Waals surface area contributed by atoms with Crippen molar-refractivity contribution in [3.8, 4) is 12.3 Å². The van der Waals surface area contributed by atoms with Gasteiger partial charge < -0.3 is 0 Å². The molecule has 12 heavy (non-hydrogen) atoms. The number of hydrogen-bond donors (Lipinski definition) is 0. The van der Waals surface area contributed by atoms with Gasteiger partial charge in [0, 0.05) is 0 Å². The van der Waals surface area contributed by atoms with Crippen molar-refractivity contribution in [2.45, 2.75) is 34.1 Å². The molecule has 0 aliphatic rings. The van der Waals surface area contributed by atoms with Crippen molar-refractivity contribution in [3.05, 3.63) is 23.8 Å². The van der Waals surface area contributed by atoms with Crippen molar-refractivity contribution >= 4 is 0 Å². The first kappa shape index (κ1) is 11.0. The van der Waals surface area contributed by atoms with Crippen LogP contribution in [0.1, 0.15) is 34.1 Å². The van der Waals surface area contributed by atoms with E-state index in [9.17, 15) is 0 Å². The summed E-state index contributed by atoms with van der Waals surface area (Å²) < 4.78 is 0. The second-order valence-electron chi connectivity index (χ2n) is 3.73. The molecule has 0 amide bonds. The molecule has 0 aliphatic carbocycles. The number of terminal acetylenes is 1. The summed E-state index contributed by atoms with van der Waals surface area (Å²) in [5.41, 5.74) is 2.22. The fraction of sp³-hybridized carbons (Fsp3) is 0.500. The molecule has 0 N–H and O–H groups in total. The lowest BCUT2D eigenvalue weighted by Crippen LogP contribution is -2.10. The van der Waals surface area contributed by atoms with Gasteiger partial charge in [0.2, 0.25) is 0 Å². The minimum absolute atomic E-state index is 0.165. The van der Waals surface area contributed by atoms with Gasteiger partial charge >= 0.3 is 0 Å². The monoisotopic (exact) mass is 162 g/mol. The van der Waals surface area contributed by atoms with Crippen LogP contribution in [0.3, 0.4) is 0 Å². The molecule has 66 valence electrons. The van der Waals surface area contributed by atoms with E-state index in [0.29, 0.717) is 0 Å². The molecule has 0 aromatic rings. The molecular weight excluding hydrogens is 144 g/mol. The van der Waals surface area contributed by atoms with Crippen LogP contribution in [0.2, 0.25) is 0 Å². The fourth-order valence-corrected chi connectivity index (χ4v) is 0.725. The number of rotatable bonds is 3. The lowest BCUT2D eigenvalue weighted by atomic mass is 9.82. The van der Waals surface area contributed by atoms with Gasteiger partial charge in [0.15, 0.2) is 0 Å². The number of allylic oxidation sites excluding steroid dienone is 3. The summed E-state index contributed by atoms with van der Waals surface area (Å²) in [5.74, 6) is 2.59. The second kappa shape index (κ2) is 4.16. The first-order valence-electron chi connectivity index (χ1n) is 4.28. The maximum Gasteiger partial charge on any atom is -0.00107 e. The molecule has 0 unspecified atom stereocenters. The highest BCUT2D eigenvalue weighted by Crippen LogP contribution is 2.29. The molecule has 0 bridgehead atoms. The second-order valence-corrected chi connectivity index (χ2v) is 3.73. The van der Waals surface area contributed by atoms with Gasteiger partial charge in [0.05, 0.1) is 0 Å². The topological polar surface area (TPSA) is 0 Å². The first-order valence-corrected chi connectivity index (χ1v) is 4.28. The van der Waals surface area contributed by atoms with Crippen LogP contribution >= 0.6 is 0 Å². The maximum atomic E-state index is 5.25. The quantitative estimate of drug-likeness (QED) is 0.439. The van der Waals surface area contributed by atoms with E-state index in [4.69, 9.17) is 6.42 Å². The molecule has 0 saturated carbocycles. The normalized spacial score (nSPS) is 12.4. The average molecular weight is 162 g/mol. The molecule has 0 heterocycles. The van der Waals surface area contributed by atoms with E-state index in [1.807, 2.05) is 13.0 Å². The van der Waals surface area contributed by atoms with E-state index < -0.39 is 0 Å². The smallest absolute Gasteiger partial charge is 0.00107 e. The highest BCUT2D eigenvalue weighted by Gasteiger charge is 2.16. The highest BCUT2D eigenvalue weighted by atomic mass is 14.2. The van der Waals surface area contributed by atoms with E-state index >= 15 is 0 Å². The van der Waals surface area contributed by atoms with Gasteiger partial charge in [-0.2, -0.15) is 0 Å². The molecular formula is C12H18. The van der Waals surface area contributed by atoms with E-state index in [0.717, 1.165) is 17.6 Å². The van der Waals surface area contributed by atoms with Crippen LogP contribution in [0.15, 0.2) is 23.8 Å². The van der Waals surface area contributed by atoms with E-state index in [1.54, 1.807) is 0 Å². The summed E-state index contributed by atoms with van der Waals surface area (Å²) in [6.07, 6.45) is 8.32. The summed E-state index contributed by atoms with van der Waals surface area (Å²) in [5, 5.41) is 0. The molecule has 0 radical (unpaired) electrons. The standard InChI is InChI=1S/C12H18/c1-7-10(3)9-11(4)12(5,6)8-2/h1,9H,4,8H2,2-3,5-6H3. The highest BCUT2D eigenvalue weighted by molar-refractivity contribution is 5.33. The zero-order valence-electron chi connectivity index (χ0n) is 8.57. The zero-order valence-corrected chi connectivity index (χ0v) is 8.57. The van der Waals surface area contributed by atoms with Gasteiger partial charge in [-0.3, -0.25) is 0 Å². The van der Waals surface area contributed by atoms with Crippen molar-refractivity contribution in [1.82, 2.24) is 0 Å². The molecule has 0 nitrogen and oxygen atoms in total. The maximum absolute atomic E-state index is 5.25. The van der Waals surface area contributed by atoms with Crippen LogP contribution < -0.4 is 0 Å². The van der Waals surface area contributed by atoms with Crippen molar-refractivity contribution in [1.29, 1.82) is 0 Å². The van der Waals surface area contributed by atoms with E-state index in [-0.39, 0.29) is 5.41 Å². The minimum Gasteiger partial charge on any atom is -0.115 e. The van der Waals surface area contributed by atoms with Gasteiger partial charge in [-0.1, -0.05) is 33.3 Å². The van der Waals surface area contributed by atoms with Gasteiger partial charge in [0.1, 0.15) is 0 Å². The molecule has 0 heteroatoms. The third-order valence-corrected chi connectivity index (χ3v) is 2.37. The first-order chi connectivity index (χ1) is 5.44. The Morgan fingerprint density at radius 3 is 2.42 bits per heavy atom. The summed E-state index contributed by atoms with van der Waals surface area (Å²) in [7, 11) is 0. The van der Waals surface area contributed by atoms with Crippen molar-refractivity contribution < 1.29 is 0 Å². The number of hydrogen-bond acceptors (Lipinski definition) is 0. The molecule has 0 aromatic heterocycles. The van der Waals surface area contributed by atoms with E-state index in [1.165, 1.54) is 0 Å². The lowest BCUT2D eigenvalue weighted by molar-refractivity contribution is 0.441. The third kappa shape index (κ3) is 2.96. The van der Waals surface area contributed by atoms with Gasteiger partial charge in [-0.05, 0) is 36.0 Å². The summed E-state index contributed by atoms with van der Waals surface area (Å²) >= 11 is 0. The van der Waals surface area contributed by atoms with Gasteiger partial charge in [-0.25, -0.2) is 0 Å². The van der Waals surface area contributed by atoms with E-state index in [2.05, 4.69) is 33.3 Å². The Hall–Kier alpha value is -0.960. The Labute approximate surface area is 76.4 Å². The molecule has 0 aromatic carbocycles. The summed E-state index contributed by atoms with van der Waals surface area (Å²) in [6, 6.07) is 0. The zero-order chi connectivity index (χ0) is 9.78. The molecule has 0 rings (SSSR count). The minimum atomic E-state index is 0.165. The van der Waals surface area contributed by atoms with Gasteiger partial charge in [-0.15, -0.1) is 6.42 Å². The SMILES string of the molecule is C#CC(C)=CC(=C)C(C)(C)CC. The van der Waals surface area contributed by atoms with Crippen molar-refractivity contribution in [2.24, 2.45) is 5.41 Å². The van der Waals surface area contributed by atoms with Crippen molar-refractivity contribution in [3.63, 3.8) is 0 Å². The third-order valence-electron chi connectivity index (χ3n) is 2.37. The Balaban J connectivity index is 4.55. The van der Waals surface area contributed by atoms with Crippen LogP contribution in [0.25, 0.3) is 0 Å².